The Balaban J connectivity index is 1.16. The predicted octanol–water partition coefficient (Wildman–Crippen LogP) is 3.88. The molecule has 2 heterocycles. The van der Waals surface area contributed by atoms with Gasteiger partial charge in [-0.25, -0.2) is 14.7 Å². The number of ether oxygens (including phenoxy) is 1. The van der Waals surface area contributed by atoms with Gasteiger partial charge in [0, 0.05) is 30.7 Å². The van der Waals surface area contributed by atoms with Crippen LogP contribution in [0.25, 0.3) is 0 Å². The number of benzene rings is 1. The molecule has 1 aliphatic heterocycles. The highest BCUT2D eigenvalue weighted by Crippen LogP contribution is 2.30. The fourth-order valence-electron chi connectivity index (χ4n) is 4.47. The van der Waals surface area contributed by atoms with Gasteiger partial charge in [-0.1, -0.05) is 11.6 Å². The molecule has 4 N–H and O–H groups in total. The van der Waals surface area contributed by atoms with Crippen LogP contribution in [0.5, 0.6) is 0 Å². The lowest BCUT2D eigenvalue weighted by atomic mass is 9.91. The highest BCUT2D eigenvalue weighted by Gasteiger charge is 2.31. The van der Waals surface area contributed by atoms with Crippen LogP contribution < -0.4 is 26.4 Å². The van der Waals surface area contributed by atoms with Gasteiger partial charge in [-0.2, -0.15) is 18.3 Å². The number of rotatable bonds is 5. The van der Waals surface area contributed by atoms with Crippen LogP contribution in [0.2, 0.25) is 5.02 Å². The van der Waals surface area contributed by atoms with Crippen LogP contribution in [0.4, 0.5) is 34.1 Å². The molecule has 2 aromatic rings. The van der Waals surface area contributed by atoms with Crippen LogP contribution in [0, 0.1) is 0 Å². The van der Waals surface area contributed by atoms with Crippen molar-refractivity contribution in [3.05, 3.63) is 51.4 Å². The Kier molecular flexibility index (Phi) is 8.10. The maximum absolute atomic E-state index is 12.7. The molecule has 0 radical (unpaired) electrons. The van der Waals surface area contributed by atoms with Gasteiger partial charge >= 0.3 is 18.3 Å². The molecule has 2 fully saturated rings. The SMILES string of the molecule is O=C(Nc1ccc(C(F)(F)F)cc1)N[C@H]1CC[C@H](NC(=O)O[C@@H]2CCN(c3cn[nH]c(=O)c3Cl)C2)CC1. The molecule has 1 atom stereocenters. The average molecular weight is 543 g/mol. The van der Waals surface area contributed by atoms with Crippen molar-refractivity contribution < 1.29 is 27.5 Å². The molecule has 1 aromatic carbocycles. The largest absolute Gasteiger partial charge is 0.444 e. The monoisotopic (exact) mass is 542 g/mol. The molecule has 200 valence electrons. The average Bonchev–Trinajstić information content (AvgIpc) is 3.30. The Bertz CT molecular complexity index is 1170. The number of alkyl carbamates (subject to hydrolysis) is 1. The Morgan fingerprint density at radius 2 is 1.70 bits per heavy atom. The summed E-state index contributed by atoms with van der Waals surface area (Å²) in [6, 6.07) is 3.48. The van der Waals surface area contributed by atoms with E-state index in [4.69, 9.17) is 16.3 Å². The van der Waals surface area contributed by atoms with Gasteiger partial charge in [-0.05, 0) is 49.9 Å². The number of H-pyrrole nitrogens is 1. The van der Waals surface area contributed by atoms with E-state index in [1.165, 1.54) is 18.3 Å². The van der Waals surface area contributed by atoms with Crippen molar-refractivity contribution in [1.29, 1.82) is 0 Å². The van der Waals surface area contributed by atoms with Crippen LogP contribution >= 0.6 is 11.6 Å². The van der Waals surface area contributed by atoms with E-state index in [0.29, 0.717) is 50.9 Å². The topological polar surface area (TPSA) is 128 Å². The zero-order valence-corrected chi connectivity index (χ0v) is 20.4. The molecular formula is C23H26ClF3N6O4. The van der Waals surface area contributed by atoms with Crippen LogP contribution in [0.3, 0.4) is 0 Å². The standard InChI is InChI=1S/C23H26ClF3N6O4/c24-19-18(11-28-32-20(19)34)33-10-9-17(12-33)37-22(36)31-16-7-5-15(6-8-16)30-21(35)29-14-3-1-13(2-4-14)23(25,26)27/h1-4,11,15-17H,5-10,12H2,(H,31,36)(H,32,34)(H2,29,30,35)/t15-,16-,17-/m1/s1. The Labute approximate surface area is 214 Å². The first-order chi connectivity index (χ1) is 17.6. The molecular weight excluding hydrogens is 517 g/mol. The summed E-state index contributed by atoms with van der Waals surface area (Å²) in [7, 11) is 0. The van der Waals surface area contributed by atoms with E-state index in [2.05, 4.69) is 26.1 Å². The number of halogens is 4. The van der Waals surface area contributed by atoms with Crippen molar-refractivity contribution in [2.75, 3.05) is 23.3 Å². The highest BCUT2D eigenvalue weighted by atomic mass is 35.5. The minimum absolute atomic E-state index is 0.0403. The van der Waals surface area contributed by atoms with E-state index in [9.17, 15) is 27.6 Å². The number of anilines is 2. The van der Waals surface area contributed by atoms with E-state index < -0.39 is 29.4 Å². The zero-order chi connectivity index (χ0) is 26.6. The molecule has 1 saturated carbocycles. The summed E-state index contributed by atoms with van der Waals surface area (Å²) in [5.41, 5.74) is -0.525. The summed E-state index contributed by atoms with van der Waals surface area (Å²) in [4.78, 5) is 38.1. The lowest BCUT2D eigenvalue weighted by Gasteiger charge is -2.29. The predicted molar refractivity (Wildman–Crippen MR) is 130 cm³/mol. The molecule has 2 aliphatic rings. The summed E-state index contributed by atoms with van der Waals surface area (Å²) >= 11 is 6.05. The molecule has 1 aromatic heterocycles. The van der Waals surface area contributed by atoms with Crippen molar-refractivity contribution >= 4 is 35.1 Å². The Morgan fingerprint density at radius 3 is 2.35 bits per heavy atom. The number of aromatic nitrogens is 2. The van der Waals surface area contributed by atoms with Gasteiger partial charge in [0.2, 0.25) is 0 Å². The molecule has 4 rings (SSSR count). The summed E-state index contributed by atoms with van der Waals surface area (Å²) in [5.74, 6) is 0. The van der Waals surface area contributed by atoms with Gasteiger partial charge in [0.15, 0.2) is 0 Å². The van der Waals surface area contributed by atoms with Crippen LogP contribution in [-0.4, -0.2) is 53.6 Å². The smallest absolute Gasteiger partial charge is 0.416 e. The van der Waals surface area contributed by atoms with Crippen LogP contribution in [0.15, 0.2) is 35.3 Å². The number of amides is 3. The third-order valence-corrected chi connectivity index (χ3v) is 6.76. The molecule has 10 nitrogen and oxygen atoms in total. The summed E-state index contributed by atoms with van der Waals surface area (Å²) < 4.78 is 43.5. The van der Waals surface area contributed by atoms with Crippen molar-refractivity contribution in [1.82, 2.24) is 20.8 Å². The minimum Gasteiger partial charge on any atom is -0.444 e. The van der Waals surface area contributed by atoms with E-state index in [0.717, 1.165) is 12.1 Å². The lowest BCUT2D eigenvalue weighted by molar-refractivity contribution is -0.137. The molecule has 0 unspecified atom stereocenters. The maximum Gasteiger partial charge on any atom is 0.416 e. The third kappa shape index (κ3) is 7.06. The number of carbonyl (C=O) groups is 2. The minimum atomic E-state index is -4.44. The van der Waals surface area contributed by atoms with E-state index in [1.54, 1.807) is 0 Å². The normalized spacial score (nSPS) is 21.8. The number of hydrogen-bond donors (Lipinski definition) is 4. The molecule has 37 heavy (non-hydrogen) atoms. The second kappa shape index (κ2) is 11.3. The first-order valence-electron chi connectivity index (χ1n) is 11.8. The number of alkyl halides is 3. The quantitative estimate of drug-likeness (QED) is 0.454. The van der Waals surface area contributed by atoms with Crippen molar-refractivity contribution in [3.63, 3.8) is 0 Å². The second-order valence-electron chi connectivity index (χ2n) is 9.03. The van der Waals surface area contributed by atoms with Gasteiger partial charge in [0.1, 0.15) is 11.1 Å². The number of urea groups is 1. The van der Waals surface area contributed by atoms with Crippen molar-refractivity contribution in [2.45, 2.75) is 56.5 Å². The number of nitrogens with one attached hydrogen (secondary N) is 4. The van der Waals surface area contributed by atoms with Gasteiger partial charge in [0.25, 0.3) is 5.56 Å². The number of hydrogen-bond acceptors (Lipinski definition) is 6. The van der Waals surface area contributed by atoms with E-state index >= 15 is 0 Å². The van der Waals surface area contributed by atoms with Gasteiger partial charge in [-0.15, -0.1) is 0 Å². The van der Waals surface area contributed by atoms with Gasteiger partial charge < -0.3 is 25.6 Å². The molecule has 1 saturated heterocycles. The van der Waals surface area contributed by atoms with Crippen molar-refractivity contribution in [2.24, 2.45) is 0 Å². The molecule has 3 amide bonds. The number of carbonyl (C=O) groups excluding carboxylic acids is 2. The Hall–Kier alpha value is -3.48. The summed E-state index contributed by atoms with van der Waals surface area (Å²) in [5, 5.41) is 14.3. The highest BCUT2D eigenvalue weighted by molar-refractivity contribution is 6.33. The third-order valence-electron chi connectivity index (χ3n) is 6.39. The Morgan fingerprint density at radius 1 is 1.05 bits per heavy atom. The van der Waals surface area contributed by atoms with Gasteiger partial charge in [-0.3, -0.25) is 4.79 Å². The number of aromatic amines is 1. The van der Waals surface area contributed by atoms with Crippen LogP contribution in [0.1, 0.15) is 37.7 Å². The molecule has 0 spiro atoms. The maximum atomic E-state index is 12.7. The van der Waals surface area contributed by atoms with Gasteiger partial charge in [0.05, 0.1) is 24.0 Å². The fraction of sp³-hybridized carbons (Fsp3) is 0.478. The van der Waals surface area contributed by atoms with Crippen molar-refractivity contribution in [3.8, 4) is 0 Å². The summed E-state index contributed by atoms with van der Waals surface area (Å²) in [6.07, 6.45) is -0.777. The first kappa shape index (κ1) is 26.6. The number of nitrogens with zero attached hydrogens (tertiary/aromatic N) is 2. The van der Waals surface area contributed by atoms with E-state index in [1.807, 2.05) is 4.90 Å². The van der Waals surface area contributed by atoms with Crippen LogP contribution in [-0.2, 0) is 10.9 Å². The summed E-state index contributed by atoms with van der Waals surface area (Å²) in [6.45, 7) is 0.955. The second-order valence-corrected chi connectivity index (χ2v) is 9.40. The molecule has 14 heteroatoms. The molecule has 1 aliphatic carbocycles. The zero-order valence-electron chi connectivity index (χ0n) is 19.6. The molecule has 0 bridgehead atoms. The lowest BCUT2D eigenvalue weighted by Crippen LogP contribution is -2.45. The fourth-order valence-corrected chi connectivity index (χ4v) is 4.68. The van der Waals surface area contributed by atoms with E-state index in [-0.39, 0.29) is 28.9 Å². The first-order valence-corrected chi connectivity index (χ1v) is 12.2.